The first-order valence-electron chi connectivity index (χ1n) is 8.29. The van der Waals surface area contributed by atoms with Gasteiger partial charge in [0.2, 0.25) is 10.0 Å². The summed E-state index contributed by atoms with van der Waals surface area (Å²) in [6.45, 7) is 1.92. The molecule has 1 atom stereocenters. The summed E-state index contributed by atoms with van der Waals surface area (Å²) >= 11 is 0. The van der Waals surface area contributed by atoms with Crippen LogP contribution in [0.3, 0.4) is 0 Å². The lowest BCUT2D eigenvalue weighted by Crippen LogP contribution is -2.52. The third kappa shape index (κ3) is 3.03. The summed E-state index contributed by atoms with van der Waals surface area (Å²) < 4.78 is 37.7. The minimum absolute atomic E-state index is 0.0300. The van der Waals surface area contributed by atoms with Crippen LogP contribution in [0, 0.1) is 0 Å². The number of benzene rings is 1. The molecule has 1 aromatic heterocycles. The molecule has 0 N–H and O–H groups in total. The zero-order chi connectivity index (χ0) is 17.4. The molecule has 2 fully saturated rings. The zero-order valence-electron chi connectivity index (χ0n) is 13.6. The SMILES string of the molecule is O=C(C1CCCO1)N1CCN(S(=O)(=O)c2ccc3ncoc3c2)CC1. The topological polar surface area (TPSA) is 93.0 Å². The van der Waals surface area contributed by atoms with Gasteiger partial charge in [0, 0.05) is 38.9 Å². The molecule has 9 heteroatoms. The standard InChI is InChI=1S/C16H19N3O5S/c20-16(14-2-1-9-23-14)18-5-7-19(8-6-18)25(21,22)12-3-4-13-15(10-12)24-11-17-13/h3-4,10-11,14H,1-2,5-9H2. The van der Waals surface area contributed by atoms with Crippen molar-refractivity contribution in [3.63, 3.8) is 0 Å². The van der Waals surface area contributed by atoms with Gasteiger partial charge in [0.25, 0.3) is 5.91 Å². The van der Waals surface area contributed by atoms with E-state index < -0.39 is 10.0 Å². The molecule has 0 aliphatic carbocycles. The number of hydrogen-bond acceptors (Lipinski definition) is 6. The Bertz CT molecular complexity index is 880. The summed E-state index contributed by atoms with van der Waals surface area (Å²) in [5, 5.41) is 0. The Hall–Kier alpha value is -1.97. The van der Waals surface area contributed by atoms with Gasteiger partial charge in [-0.25, -0.2) is 13.4 Å². The molecule has 25 heavy (non-hydrogen) atoms. The fourth-order valence-electron chi connectivity index (χ4n) is 3.27. The summed E-state index contributed by atoms with van der Waals surface area (Å²) in [7, 11) is -3.62. The Morgan fingerprint density at radius 2 is 2.00 bits per heavy atom. The maximum atomic E-state index is 12.8. The number of oxazole rings is 1. The highest BCUT2D eigenvalue weighted by atomic mass is 32.2. The quantitative estimate of drug-likeness (QED) is 0.800. The smallest absolute Gasteiger partial charge is 0.251 e. The van der Waals surface area contributed by atoms with Gasteiger partial charge in [0.15, 0.2) is 12.0 Å². The van der Waals surface area contributed by atoms with E-state index >= 15 is 0 Å². The van der Waals surface area contributed by atoms with Crippen molar-refractivity contribution >= 4 is 27.0 Å². The lowest BCUT2D eigenvalue weighted by molar-refractivity contribution is -0.142. The van der Waals surface area contributed by atoms with Crippen LogP contribution in [0.25, 0.3) is 11.1 Å². The second-order valence-electron chi connectivity index (χ2n) is 6.21. The molecule has 2 aliphatic rings. The van der Waals surface area contributed by atoms with Crippen LogP contribution in [-0.4, -0.2) is 67.4 Å². The third-order valence-corrected chi connectivity index (χ3v) is 6.59. The predicted molar refractivity (Wildman–Crippen MR) is 88.3 cm³/mol. The summed E-state index contributed by atoms with van der Waals surface area (Å²) in [6.07, 6.45) is 2.57. The fraction of sp³-hybridized carbons (Fsp3) is 0.500. The molecule has 134 valence electrons. The molecule has 0 saturated carbocycles. The number of carbonyl (C=O) groups is 1. The highest BCUT2D eigenvalue weighted by molar-refractivity contribution is 7.89. The third-order valence-electron chi connectivity index (χ3n) is 4.70. The van der Waals surface area contributed by atoms with E-state index in [4.69, 9.17) is 9.15 Å². The Labute approximate surface area is 145 Å². The summed E-state index contributed by atoms with van der Waals surface area (Å²) in [4.78, 5) is 18.2. The van der Waals surface area contributed by atoms with Crippen LogP contribution in [0.4, 0.5) is 0 Å². The highest BCUT2D eigenvalue weighted by Crippen LogP contribution is 2.23. The van der Waals surface area contributed by atoms with Gasteiger partial charge in [0.05, 0.1) is 4.90 Å². The first-order chi connectivity index (χ1) is 12.1. The van der Waals surface area contributed by atoms with Crippen molar-refractivity contribution in [3.05, 3.63) is 24.6 Å². The van der Waals surface area contributed by atoms with Crippen LogP contribution < -0.4 is 0 Å². The molecule has 1 amide bonds. The van der Waals surface area contributed by atoms with Gasteiger partial charge >= 0.3 is 0 Å². The second kappa shape index (κ2) is 6.40. The zero-order valence-corrected chi connectivity index (χ0v) is 14.4. The van der Waals surface area contributed by atoms with E-state index in [-0.39, 0.29) is 30.0 Å². The van der Waals surface area contributed by atoms with Crippen molar-refractivity contribution in [1.29, 1.82) is 0 Å². The van der Waals surface area contributed by atoms with Crippen LogP contribution in [0.5, 0.6) is 0 Å². The average molecular weight is 365 g/mol. The van der Waals surface area contributed by atoms with E-state index in [0.29, 0.717) is 30.8 Å². The lowest BCUT2D eigenvalue weighted by Gasteiger charge is -2.35. The second-order valence-corrected chi connectivity index (χ2v) is 8.15. The first kappa shape index (κ1) is 16.5. The Morgan fingerprint density at radius 3 is 2.72 bits per heavy atom. The number of hydrogen-bond donors (Lipinski definition) is 0. The molecule has 4 rings (SSSR count). The Kier molecular flexibility index (Phi) is 4.22. The van der Waals surface area contributed by atoms with Gasteiger partial charge in [-0.3, -0.25) is 4.79 Å². The molecule has 1 aromatic carbocycles. The molecule has 2 aliphatic heterocycles. The number of rotatable bonds is 3. The van der Waals surface area contributed by atoms with Gasteiger partial charge < -0.3 is 14.1 Å². The van der Waals surface area contributed by atoms with Gasteiger partial charge in [-0.05, 0) is 25.0 Å². The molecule has 2 saturated heterocycles. The van der Waals surface area contributed by atoms with Gasteiger partial charge in [0.1, 0.15) is 11.6 Å². The van der Waals surface area contributed by atoms with Crippen LogP contribution in [-0.2, 0) is 19.6 Å². The van der Waals surface area contributed by atoms with Crippen LogP contribution >= 0.6 is 0 Å². The summed E-state index contributed by atoms with van der Waals surface area (Å²) in [6, 6.07) is 4.65. The Morgan fingerprint density at radius 1 is 1.20 bits per heavy atom. The molecule has 3 heterocycles. The summed E-state index contributed by atoms with van der Waals surface area (Å²) in [5.74, 6) is -0.0300. The molecule has 0 spiro atoms. The van der Waals surface area contributed by atoms with Crippen LogP contribution in [0.15, 0.2) is 33.9 Å². The molecular formula is C16H19N3O5S. The minimum atomic E-state index is -3.62. The monoisotopic (exact) mass is 365 g/mol. The Balaban J connectivity index is 1.46. The first-order valence-corrected chi connectivity index (χ1v) is 9.73. The predicted octanol–water partition coefficient (Wildman–Crippen LogP) is 0.840. The fourth-order valence-corrected chi connectivity index (χ4v) is 4.71. The number of ether oxygens (including phenoxy) is 1. The van der Waals surface area contributed by atoms with Crippen molar-refractivity contribution < 1.29 is 22.4 Å². The van der Waals surface area contributed by atoms with E-state index in [2.05, 4.69) is 4.98 Å². The van der Waals surface area contributed by atoms with Gasteiger partial charge in [-0.2, -0.15) is 4.31 Å². The van der Waals surface area contributed by atoms with E-state index in [0.717, 1.165) is 12.8 Å². The van der Waals surface area contributed by atoms with E-state index in [9.17, 15) is 13.2 Å². The van der Waals surface area contributed by atoms with Crippen molar-refractivity contribution in [3.8, 4) is 0 Å². The van der Waals surface area contributed by atoms with Crippen LogP contribution in [0.2, 0.25) is 0 Å². The highest BCUT2D eigenvalue weighted by Gasteiger charge is 2.34. The molecule has 0 bridgehead atoms. The number of carbonyl (C=O) groups excluding carboxylic acids is 1. The van der Waals surface area contributed by atoms with E-state index in [1.807, 2.05) is 0 Å². The van der Waals surface area contributed by atoms with Gasteiger partial charge in [-0.1, -0.05) is 0 Å². The van der Waals surface area contributed by atoms with Crippen molar-refractivity contribution in [1.82, 2.24) is 14.2 Å². The molecule has 0 radical (unpaired) electrons. The maximum Gasteiger partial charge on any atom is 0.251 e. The largest absolute Gasteiger partial charge is 0.443 e. The number of fused-ring (bicyclic) bond motifs is 1. The lowest BCUT2D eigenvalue weighted by atomic mass is 10.2. The maximum absolute atomic E-state index is 12.8. The van der Waals surface area contributed by atoms with Crippen molar-refractivity contribution in [2.45, 2.75) is 23.8 Å². The normalized spacial score (nSPS) is 22.6. The number of amides is 1. The molecule has 8 nitrogen and oxygen atoms in total. The average Bonchev–Trinajstić information content (AvgIpc) is 3.32. The number of aromatic nitrogens is 1. The number of piperazine rings is 1. The summed E-state index contributed by atoms with van der Waals surface area (Å²) in [5.41, 5.74) is 1.05. The van der Waals surface area contributed by atoms with E-state index in [1.54, 1.807) is 11.0 Å². The number of nitrogens with zero attached hydrogens (tertiary/aromatic N) is 3. The van der Waals surface area contributed by atoms with Crippen LogP contribution in [0.1, 0.15) is 12.8 Å². The van der Waals surface area contributed by atoms with Gasteiger partial charge in [-0.15, -0.1) is 0 Å². The number of sulfonamides is 1. The molecule has 1 unspecified atom stereocenters. The van der Waals surface area contributed by atoms with E-state index in [1.165, 1.54) is 22.8 Å². The molecule has 2 aromatic rings. The molecular weight excluding hydrogens is 346 g/mol. The minimum Gasteiger partial charge on any atom is -0.443 e. The van der Waals surface area contributed by atoms with Crippen molar-refractivity contribution in [2.75, 3.05) is 32.8 Å². The van der Waals surface area contributed by atoms with Crippen molar-refractivity contribution in [2.24, 2.45) is 0 Å².